The molecule has 2 aliphatic rings. The summed E-state index contributed by atoms with van der Waals surface area (Å²) in [6.07, 6.45) is 0. The lowest BCUT2D eigenvalue weighted by Gasteiger charge is -2.44. The van der Waals surface area contributed by atoms with Gasteiger partial charge in [-0.3, -0.25) is 14.5 Å². The predicted molar refractivity (Wildman–Crippen MR) is 96.5 cm³/mol. The number of aliphatic imine (C=N–C) groups is 1. The highest BCUT2D eigenvalue weighted by Crippen LogP contribution is 2.49. The summed E-state index contributed by atoms with van der Waals surface area (Å²) >= 11 is 0. The number of fused-ring (bicyclic) bond motifs is 4. The first-order chi connectivity index (χ1) is 12.5. The van der Waals surface area contributed by atoms with Crippen LogP contribution in [0.2, 0.25) is 0 Å². The van der Waals surface area contributed by atoms with Gasteiger partial charge in [-0.1, -0.05) is 30.3 Å². The van der Waals surface area contributed by atoms with Crippen LogP contribution in [0, 0.1) is 5.92 Å². The molecule has 0 aliphatic carbocycles. The maximum Gasteiger partial charge on any atom is 0.313 e. The van der Waals surface area contributed by atoms with Crippen molar-refractivity contribution in [3.05, 3.63) is 59.7 Å². The largest absolute Gasteiger partial charge is 0.466 e. The van der Waals surface area contributed by atoms with Crippen molar-refractivity contribution < 1.29 is 19.4 Å². The molecule has 2 unspecified atom stereocenters. The summed E-state index contributed by atoms with van der Waals surface area (Å²) in [4.78, 5) is 31.3. The lowest BCUT2D eigenvalue weighted by atomic mass is 9.86. The van der Waals surface area contributed by atoms with Crippen molar-refractivity contribution >= 4 is 29.0 Å². The quantitative estimate of drug-likeness (QED) is 0.861. The van der Waals surface area contributed by atoms with Crippen molar-refractivity contribution in [2.75, 3.05) is 11.5 Å². The Morgan fingerprint density at radius 2 is 1.92 bits per heavy atom. The number of Topliss-reactive ketones (excluding diaryl/α,β-unsaturated/α-hetero) is 1. The van der Waals surface area contributed by atoms with Crippen LogP contribution in [-0.4, -0.2) is 29.3 Å². The molecule has 132 valence electrons. The van der Waals surface area contributed by atoms with Gasteiger partial charge in [0.25, 0.3) is 0 Å². The van der Waals surface area contributed by atoms with Crippen molar-refractivity contribution in [3.8, 4) is 0 Å². The zero-order valence-corrected chi connectivity index (χ0v) is 14.5. The van der Waals surface area contributed by atoms with Gasteiger partial charge in [-0.05, 0) is 32.0 Å². The van der Waals surface area contributed by atoms with Crippen LogP contribution in [0.1, 0.15) is 29.8 Å². The average Bonchev–Trinajstić information content (AvgIpc) is 2.95. The van der Waals surface area contributed by atoms with Crippen LogP contribution in [0.3, 0.4) is 0 Å². The molecule has 0 bridgehead atoms. The smallest absolute Gasteiger partial charge is 0.313 e. The van der Waals surface area contributed by atoms with Gasteiger partial charge in [0.15, 0.2) is 11.6 Å². The fourth-order valence-corrected chi connectivity index (χ4v) is 3.62. The lowest BCUT2D eigenvalue weighted by molar-refractivity contribution is -0.157. The third kappa shape index (κ3) is 2.05. The number of aliphatic hydroxyl groups is 1. The molecule has 2 aliphatic heterocycles. The number of para-hydroxylation sites is 2. The molecule has 0 radical (unpaired) electrons. The Hall–Kier alpha value is -2.99. The summed E-state index contributed by atoms with van der Waals surface area (Å²) in [7, 11) is 0. The van der Waals surface area contributed by atoms with Crippen molar-refractivity contribution in [1.82, 2.24) is 0 Å². The molecule has 0 amide bonds. The maximum atomic E-state index is 12.8. The number of nitrogens with zero attached hydrogens (tertiary/aromatic N) is 2. The summed E-state index contributed by atoms with van der Waals surface area (Å²) < 4.78 is 5.15. The van der Waals surface area contributed by atoms with E-state index in [9.17, 15) is 14.7 Å². The van der Waals surface area contributed by atoms with Gasteiger partial charge in [0.05, 0.1) is 18.0 Å². The molecule has 0 aromatic heterocycles. The van der Waals surface area contributed by atoms with Gasteiger partial charge in [0, 0.05) is 11.1 Å². The van der Waals surface area contributed by atoms with Gasteiger partial charge in [0.2, 0.25) is 5.78 Å². The van der Waals surface area contributed by atoms with E-state index in [4.69, 9.17) is 4.74 Å². The Labute approximate surface area is 150 Å². The van der Waals surface area contributed by atoms with Crippen LogP contribution in [0.5, 0.6) is 0 Å². The van der Waals surface area contributed by atoms with E-state index in [1.54, 1.807) is 62.4 Å². The molecule has 6 heteroatoms. The number of amidine groups is 1. The SMILES string of the molecule is CCOC(=O)C(C)C1(O)c2ccccc2N=C2C(=O)c3ccccc3N21. The first-order valence-electron chi connectivity index (χ1n) is 8.51. The zero-order chi connectivity index (χ0) is 18.5. The van der Waals surface area contributed by atoms with E-state index in [0.717, 1.165) is 0 Å². The van der Waals surface area contributed by atoms with Gasteiger partial charge >= 0.3 is 5.97 Å². The molecule has 0 saturated carbocycles. The number of hydrogen-bond acceptors (Lipinski definition) is 6. The number of anilines is 1. The van der Waals surface area contributed by atoms with E-state index in [1.165, 1.54) is 4.90 Å². The van der Waals surface area contributed by atoms with Crippen LogP contribution in [-0.2, 0) is 15.3 Å². The van der Waals surface area contributed by atoms with Crippen molar-refractivity contribution in [2.24, 2.45) is 10.9 Å². The summed E-state index contributed by atoms with van der Waals surface area (Å²) in [5.41, 5.74) is 0.146. The molecule has 26 heavy (non-hydrogen) atoms. The molecule has 2 aromatic rings. The van der Waals surface area contributed by atoms with Crippen LogP contribution in [0.4, 0.5) is 11.4 Å². The first kappa shape index (κ1) is 16.5. The van der Waals surface area contributed by atoms with E-state index in [0.29, 0.717) is 22.5 Å². The van der Waals surface area contributed by atoms with E-state index < -0.39 is 17.6 Å². The Morgan fingerprint density at radius 1 is 1.23 bits per heavy atom. The Morgan fingerprint density at radius 3 is 2.69 bits per heavy atom. The van der Waals surface area contributed by atoms with Gasteiger partial charge in [0.1, 0.15) is 5.92 Å². The number of carbonyl (C=O) groups excluding carboxylic acids is 2. The molecular formula is C20H18N2O4. The summed E-state index contributed by atoms with van der Waals surface area (Å²) in [5.74, 6) is -1.64. The van der Waals surface area contributed by atoms with Crippen LogP contribution in [0.25, 0.3) is 0 Å². The van der Waals surface area contributed by atoms with Crippen molar-refractivity contribution in [2.45, 2.75) is 19.6 Å². The molecule has 1 N–H and O–H groups in total. The minimum atomic E-state index is -1.78. The number of benzene rings is 2. The summed E-state index contributed by atoms with van der Waals surface area (Å²) in [5, 5.41) is 11.8. The second kappa shape index (κ2) is 5.78. The number of ketones is 1. The molecule has 4 rings (SSSR count). The third-order valence-corrected chi connectivity index (χ3v) is 4.92. The maximum absolute atomic E-state index is 12.8. The Balaban J connectivity index is 1.98. The average molecular weight is 350 g/mol. The highest BCUT2D eigenvalue weighted by molar-refractivity contribution is 6.55. The van der Waals surface area contributed by atoms with Gasteiger partial charge in [-0.15, -0.1) is 0 Å². The van der Waals surface area contributed by atoms with Gasteiger partial charge in [-0.25, -0.2) is 4.99 Å². The fourth-order valence-electron chi connectivity index (χ4n) is 3.62. The number of carbonyl (C=O) groups is 2. The zero-order valence-electron chi connectivity index (χ0n) is 14.5. The molecule has 0 fully saturated rings. The minimum Gasteiger partial charge on any atom is -0.466 e. The topological polar surface area (TPSA) is 79.2 Å². The fraction of sp³-hybridized carbons (Fsp3) is 0.250. The van der Waals surface area contributed by atoms with Crippen LogP contribution < -0.4 is 4.90 Å². The molecule has 0 spiro atoms. The van der Waals surface area contributed by atoms with E-state index in [2.05, 4.69) is 4.99 Å². The van der Waals surface area contributed by atoms with E-state index in [-0.39, 0.29) is 18.2 Å². The standard InChI is InChI=1S/C20H18N2O4/c1-3-26-19(24)12(2)20(25)14-9-5-6-10-15(14)21-18-17(23)13-8-4-7-11-16(13)22(18)20/h4-12,25H,3H2,1-2H3. The Bertz CT molecular complexity index is 952. The van der Waals surface area contributed by atoms with Crippen molar-refractivity contribution in [1.29, 1.82) is 0 Å². The summed E-state index contributed by atoms with van der Waals surface area (Å²) in [6, 6.07) is 14.0. The second-order valence-corrected chi connectivity index (χ2v) is 6.33. The predicted octanol–water partition coefficient (Wildman–Crippen LogP) is 2.78. The number of rotatable bonds is 3. The molecular weight excluding hydrogens is 332 g/mol. The summed E-state index contributed by atoms with van der Waals surface area (Å²) in [6.45, 7) is 3.52. The molecule has 0 saturated heterocycles. The molecule has 2 heterocycles. The van der Waals surface area contributed by atoms with Crippen LogP contribution in [0.15, 0.2) is 53.5 Å². The number of hydrogen-bond donors (Lipinski definition) is 1. The Kier molecular flexibility index (Phi) is 3.66. The van der Waals surface area contributed by atoms with Crippen LogP contribution >= 0.6 is 0 Å². The third-order valence-electron chi connectivity index (χ3n) is 4.92. The normalized spacial score (nSPS) is 21.4. The van der Waals surface area contributed by atoms with Gasteiger partial charge < -0.3 is 9.84 Å². The molecule has 6 nitrogen and oxygen atoms in total. The molecule has 2 aromatic carbocycles. The highest BCUT2D eigenvalue weighted by atomic mass is 16.5. The lowest BCUT2D eigenvalue weighted by Crippen LogP contribution is -2.57. The number of ether oxygens (including phenoxy) is 1. The minimum absolute atomic E-state index is 0.114. The van der Waals surface area contributed by atoms with Gasteiger partial charge in [-0.2, -0.15) is 0 Å². The van der Waals surface area contributed by atoms with Crippen molar-refractivity contribution in [3.63, 3.8) is 0 Å². The van der Waals surface area contributed by atoms with E-state index in [1.807, 2.05) is 0 Å². The first-order valence-corrected chi connectivity index (χ1v) is 8.51. The second-order valence-electron chi connectivity index (χ2n) is 6.33. The molecule has 2 atom stereocenters. The monoisotopic (exact) mass is 350 g/mol. The number of esters is 1. The highest BCUT2D eigenvalue weighted by Gasteiger charge is 2.55. The van der Waals surface area contributed by atoms with E-state index >= 15 is 0 Å².